The summed E-state index contributed by atoms with van der Waals surface area (Å²) in [5, 5.41) is 3.24. The monoisotopic (exact) mass is 265 g/mol. The molecule has 0 radical (unpaired) electrons. The SMILES string of the molecule is COC(=O)C(NCCc1ccc(OC)cc1)C(C)C. The van der Waals surface area contributed by atoms with Gasteiger partial charge in [0.15, 0.2) is 0 Å². The van der Waals surface area contributed by atoms with E-state index in [-0.39, 0.29) is 17.9 Å². The molecule has 0 aliphatic carbocycles. The molecule has 1 N–H and O–H groups in total. The molecular formula is C15H23NO3. The summed E-state index contributed by atoms with van der Waals surface area (Å²) in [5.41, 5.74) is 1.21. The quantitative estimate of drug-likeness (QED) is 0.766. The lowest BCUT2D eigenvalue weighted by Crippen LogP contribution is -2.42. The Labute approximate surface area is 115 Å². The smallest absolute Gasteiger partial charge is 0.323 e. The summed E-state index contributed by atoms with van der Waals surface area (Å²) in [5.74, 6) is 0.861. The molecule has 0 saturated carbocycles. The fourth-order valence-electron chi connectivity index (χ4n) is 1.88. The predicted molar refractivity (Wildman–Crippen MR) is 75.3 cm³/mol. The van der Waals surface area contributed by atoms with Gasteiger partial charge in [0, 0.05) is 0 Å². The van der Waals surface area contributed by atoms with Crippen molar-refractivity contribution in [2.75, 3.05) is 20.8 Å². The van der Waals surface area contributed by atoms with Gasteiger partial charge in [-0.2, -0.15) is 0 Å². The molecule has 1 unspecified atom stereocenters. The summed E-state index contributed by atoms with van der Waals surface area (Å²) in [6, 6.07) is 7.69. The maximum atomic E-state index is 11.6. The first-order chi connectivity index (χ1) is 9.08. The summed E-state index contributed by atoms with van der Waals surface area (Å²) in [7, 11) is 3.07. The molecule has 0 fully saturated rings. The number of methoxy groups -OCH3 is 2. The van der Waals surface area contributed by atoms with Gasteiger partial charge in [0.1, 0.15) is 11.8 Å². The van der Waals surface area contributed by atoms with E-state index in [2.05, 4.69) is 5.32 Å². The number of hydrogen-bond donors (Lipinski definition) is 1. The minimum Gasteiger partial charge on any atom is -0.497 e. The van der Waals surface area contributed by atoms with Crippen LogP contribution < -0.4 is 10.1 Å². The number of ether oxygens (including phenoxy) is 2. The second-order valence-electron chi connectivity index (χ2n) is 4.80. The summed E-state index contributed by atoms with van der Waals surface area (Å²) in [6.45, 7) is 4.74. The fourth-order valence-corrected chi connectivity index (χ4v) is 1.88. The highest BCUT2D eigenvalue weighted by molar-refractivity contribution is 5.75. The van der Waals surface area contributed by atoms with Crippen molar-refractivity contribution in [3.8, 4) is 5.75 Å². The number of carbonyl (C=O) groups excluding carboxylic acids is 1. The van der Waals surface area contributed by atoms with Gasteiger partial charge < -0.3 is 14.8 Å². The van der Waals surface area contributed by atoms with Gasteiger partial charge in [-0.05, 0) is 36.6 Å². The van der Waals surface area contributed by atoms with E-state index in [1.54, 1.807) is 7.11 Å². The Bertz CT molecular complexity index is 387. The molecule has 4 nitrogen and oxygen atoms in total. The first-order valence-electron chi connectivity index (χ1n) is 6.52. The van der Waals surface area contributed by atoms with Crippen LogP contribution in [0.1, 0.15) is 19.4 Å². The third-order valence-electron chi connectivity index (χ3n) is 3.06. The lowest BCUT2D eigenvalue weighted by Gasteiger charge is -2.19. The van der Waals surface area contributed by atoms with Crippen molar-refractivity contribution < 1.29 is 14.3 Å². The van der Waals surface area contributed by atoms with E-state index < -0.39 is 0 Å². The molecule has 0 bridgehead atoms. The first kappa shape index (κ1) is 15.5. The minimum atomic E-state index is -0.247. The topological polar surface area (TPSA) is 47.6 Å². The zero-order valence-corrected chi connectivity index (χ0v) is 12.1. The van der Waals surface area contributed by atoms with Crippen LogP contribution in [0.5, 0.6) is 5.75 Å². The van der Waals surface area contributed by atoms with Gasteiger partial charge in [-0.1, -0.05) is 26.0 Å². The van der Waals surface area contributed by atoms with E-state index in [0.29, 0.717) is 0 Å². The van der Waals surface area contributed by atoms with E-state index in [0.717, 1.165) is 18.7 Å². The van der Waals surface area contributed by atoms with Crippen molar-refractivity contribution in [1.29, 1.82) is 0 Å². The standard InChI is InChI=1S/C15H23NO3/c1-11(2)14(15(17)19-4)16-10-9-12-5-7-13(18-3)8-6-12/h5-8,11,14,16H,9-10H2,1-4H3. The van der Waals surface area contributed by atoms with Crippen LogP contribution in [0, 0.1) is 5.92 Å². The van der Waals surface area contributed by atoms with Gasteiger partial charge in [0.2, 0.25) is 0 Å². The molecule has 0 aromatic heterocycles. The maximum Gasteiger partial charge on any atom is 0.323 e. The number of rotatable bonds is 7. The third kappa shape index (κ3) is 4.91. The molecule has 0 aliphatic heterocycles. The van der Waals surface area contributed by atoms with Crippen LogP contribution in [0.2, 0.25) is 0 Å². The van der Waals surface area contributed by atoms with Crippen LogP contribution in [-0.2, 0) is 16.0 Å². The molecule has 106 valence electrons. The van der Waals surface area contributed by atoms with E-state index >= 15 is 0 Å². The average molecular weight is 265 g/mol. The Morgan fingerprint density at radius 1 is 1.21 bits per heavy atom. The normalized spacial score (nSPS) is 12.3. The third-order valence-corrected chi connectivity index (χ3v) is 3.06. The molecule has 1 atom stereocenters. The van der Waals surface area contributed by atoms with Gasteiger partial charge in [0.25, 0.3) is 0 Å². The maximum absolute atomic E-state index is 11.6. The highest BCUT2D eigenvalue weighted by atomic mass is 16.5. The highest BCUT2D eigenvalue weighted by Crippen LogP contribution is 2.11. The molecule has 1 aromatic rings. The minimum absolute atomic E-state index is 0.204. The van der Waals surface area contributed by atoms with Crippen LogP contribution in [0.3, 0.4) is 0 Å². The van der Waals surface area contributed by atoms with Gasteiger partial charge in [-0.25, -0.2) is 0 Å². The van der Waals surface area contributed by atoms with Crippen molar-refractivity contribution in [3.63, 3.8) is 0 Å². The van der Waals surface area contributed by atoms with E-state index in [4.69, 9.17) is 9.47 Å². The lowest BCUT2D eigenvalue weighted by atomic mass is 10.0. The van der Waals surface area contributed by atoms with Gasteiger partial charge in [0.05, 0.1) is 14.2 Å². The van der Waals surface area contributed by atoms with Gasteiger partial charge in [-0.15, -0.1) is 0 Å². The number of benzene rings is 1. The summed E-state index contributed by atoms with van der Waals surface area (Å²) >= 11 is 0. The van der Waals surface area contributed by atoms with Crippen molar-refractivity contribution in [3.05, 3.63) is 29.8 Å². The molecule has 0 spiro atoms. The molecular weight excluding hydrogens is 242 g/mol. The predicted octanol–water partition coefficient (Wildman–Crippen LogP) is 2.02. The second kappa shape index (κ2) is 7.79. The van der Waals surface area contributed by atoms with Gasteiger partial charge >= 0.3 is 5.97 Å². The molecule has 1 aromatic carbocycles. The summed E-state index contributed by atoms with van der Waals surface area (Å²) in [6.07, 6.45) is 0.865. The van der Waals surface area contributed by atoms with Crippen molar-refractivity contribution in [2.24, 2.45) is 5.92 Å². The molecule has 19 heavy (non-hydrogen) atoms. The van der Waals surface area contributed by atoms with Crippen LogP contribution in [0.25, 0.3) is 0 Å². The Kier molecular flexibility index (Phi) is 6.36. The second-order valence-corrected chi connectivity index (χ2v) is 4.80. The number of carbonyl (C=O) groups is 1. The zero-order chi connectivity index (χ0) is 14.3. The average Bonchev–Trinajstić information content (AvgIpc) is 2.43. The van der Waals surface area contributed by atoms with Crippen LogP contribution in [0.4, 0.5) is 0 Å². The van der Waals surface area contributed by atoms with E-state index in [9.17, 15) is 4.79 Å². The largest absolute Gasteiger partial charge is 0.497 e. The van der Waals surface area contributed by atoms with Crippen LogP contribution >= 0.6 is 0 Å². The zero-order valence-electron chi connectivity index (χ0n) is 12.1. The summed E-state index contributed by atoms with van der Waals surface area (Å²) in [4.78, 5) is 11.6. The molecule has 1 rings (SSSR count). The fraction of sp³-hybridized carbons (Fsp3) is 0.533. The molecule has 0 amide bonds. The van der Waals surface area contributed by atoms with Crippen molar-refractivity contribution in [2.45, 2.75) is 26.3 Å². The number of nitrogens with one attached hydrogen (secondary N) is 1. The Morgan fingerprint density at radius 3 is 2.32 bits per heavy atom. The lowest BCUT2D eigenvalue weighted by molar-refractivity contribution is -0.144. The first-order valence-corrected chi connectivity index (χ1v) is 6.52. The Balaban J connectivity index is 2.45. The summed E-state index contributed by atoms with van der Waals surface area (Å²) < 4.78 is 9.90. The van der Waals surface area contributed by atoms with Gasteiger partial charge in [-0.3, -0.25) is 4.79 Å². The highest BCUT2D eigenvalue weighted by Gasteiger charge is 2.21. The van der Waals surface area contributed by atoms with E-state index in [1.807, 2.05) is 38.1 Å². The Hall–Kier alpha value is -1.55. The van der Waals surface area contributed by atoms with Crippen LogP contribution in [-0.4, -0.2) is 32.8 Å². The van der Waals surface area contributed by atoms with Crippen molar-refractivity contribution in [1.82, 2.24) is 5.32 Å². The molecule has 0 aliphatic rings. The van der Waals surface area contributed by atoms with E-state index in [1.165, 1.54) is 12.7 Å². The molecule has 0 heterocycles. The van der Waals surface area contributed by atoms with Crippen LogP contribution in [0.15, 0.2) is 24.3 Å². The Morgan fingerprint density at radius 2 is 1.84 bits per heavy atom. The number of hydrogen-bond acceptors (Lipinski definition) is 4. The molecule has 0 saturated heterocycles. The van der Waals surface area contributed by atoms with Crippen molar-refractivity contribution >= 4 is 5.97 Å². The number of esters is 1. The molecule has 4 heteroatoms.